The fraction of sp³-hybridized carbons (Fsp3) is 0.412. The van der Waals surface area contributed by atoms with Gasteiger partial charge in [-0.05, 0) is 30.5 Å². The molecular formula is C17H21NO3. The molecule has 4 heteroatoms. The van der Waals surface area contributed by atoms with E-state index in [0.717, 1.165) is 36.9 Å². The first kappa shape index (κ1) is 15.3. The summed E-state index contributed by atoms with van der Waals surface area (Å²) in [4.78, 5) is 23.5. The molecule has 1 N–H and O–H groups in total. The second-order valence-corrected chi connectivity index (χ2v) is 5.27. The molecule has 0 spiro atoms. The van der Waals surface area contributed by atoms with Crippen LogP contribution < -0.4 is 5.32 Å². The molecule has 0 atom stereocenters. The third-order valence-electron chi connectivity index (χ3n) is 3.79. The topological polar surface area (TPSA) is 55.4 Å². The van der Waals surface area contributed by atoms with Crippen LogP contribution in [-0.2, 0) is 14.3 Å². The molecule has 21 heavy (non-hydrogen) atoms. The van der Waals surface area contributed by atoms with Crippen molar-refractivity contribution in [1.82, 2.24) is 0 Å². The summed E-state index contributed by atoms with van der Waals surface area (Å²) in [7, 11) is 1.34. The van der Waals surface area contributed by atoms with Gasteiger partial charge >= 0.3 is 5.97 Å². The molecule has 0 heterocycles. The van der Waals surface area contributed by atoms with Crippen LogP contribution in [0.4, 0.5) is 5.69 Å². The van der Waals surface area contributed by atoms with Gasteiger partial charge < -0.3 is 10.1 Å². The summed E-state index contributed by atoms with van der Waals surface area (Å²) in [6.45, 7) is 0. The molecule has 1 fully saturated rings. The Kier molecular flexibility index (Phi) is 5.55. The van der Waals surface area contributed by atoms with Crippen LogP contribution in [0.1, 0.15) is 37.7 Å². The number of nitrogens with one attached hydrogen (secondary N) is 1. The summed E-state index contributed by atoms with van der Waals surface area (Å²) in [5, 5.41) is 2.98. The van der Waals surface area contributed by atoms with Crippen molar-refractivity contribution in [3.05, 3.63) is 35.9 Å². The van der Waals surface area contributed by atoms with Crippen LogP contribution in [0.2, 0.25) is 0 Å². The van der Waals surface area contributed by atoms with E-state index in [1.54, 1.807) is 6.08 Å². The summed E-state index contributed by atoms with van der Waals surface area (Å²) in [5.74, 6) is -0.228. The first-order chi connectivity index (χ1) is 10.2. The van der Waals surface area contributed by atoms with Gasteiger partial charge in [-0.25, -0.2) is 4.79 Å². The standard InChI is InChI=1S/C17H21NO3/c1-21-16(19)12-11-13-7-5-6-10-15(13)18-17(20)14-8-3-2-4-9-14/h5-7,10-12,14H,2-4,8-9H2,1H3,(H,18,20)/b12-11+. The predicted octanol–water partition coefficient (Wildman–Crippen LogP) is 3.39. The first-order valence-corrected chi connectivity index (χ1v) is 7.36. The number of carbonyl (C=O) groups is 2. The number of hydrogen-bond donors (Lipinski definition) is 1. The fourth-order valence-corrected chi connectivity index (χ4v) is 2.58. The molecule has 0 saturated heterocycles. The second kappa shape index (κ2) is 7.62. The van der Waals surface area contributed by atoms with E-state index in [1.807, 2.05) is 24.3 Å². The van der Waals surface area contributed by atoms with Crippen molar-refractivity contribution < 1.29 is 14.3 Å². The maximum absolute atomic E-state index is 12.3. The maximum Gasteiger partial charge on any atom is 0.330 e. The summed E-state index contributed by atoms with van der Waals surface area (Å²) in [6, 6.07) is 7.44. The molecule has 1 amide bonds. The highest BCUT2D eigenvalue weighted by Gasteiger charge is 2.21. The fourth-order valence-electron chi connectivity index (χ4n) is 2.58. The first-order valence-electron chi connectivity index (χ1n) is 7.36. The van der Waals surface area contributed by atoms with Gasteiger partial charge in [0.1, 0.15) is 0 Å². The van der Waals surface area contributed by atoms with Crippen LogP contribution in [0.3, 0.4) is 0 Å². The van der Waals surface area contributed by atoms with Gasteiger partial charge in [0.05, 0.1) is 7.11 Å². The number of rotatable bonds is 4. The minimum absolute atomic E-state index is 0.0774. The Morgan fingerprint density at radius 1 is 1.19 bits per heavy atom. The molecule has 1 aromatic carbocycles. The lowest BCUT2D eigenvalue weighted by atomic mass is 9.88. The molecule has 1 aliphatic rings. The van der Waals surface area contributed by atoms with E-state index in [9.17, 15) is 9.59 Å². The van der Waals surface area contributed by atoms with Crippen LogP contribution in [0.25, 0.3) is 6.08 Å². The van der Waals surface area contributed by atoms with Crippen molar-refractivity contribution in [3.8, 4) is 0 Å². The van der Waals surface area contributed by atoms with Crippen molar-refractivity contribution in [3.63, 3.8) is 0 Å². The van der Waals surface area contributed by atoms with Crippen LogP contribution in [0.5, 0.6) is 0 Å². The Morgan fingerprint density at radius 3 is 2.62 bits per heavy atom. The number of anilines is 1. The molecule has 0 aromatic heterocycles. The van der Waals surface area contributed by atoms with Crippen molar-refractivity contribution in [2.45, 2.75) is 32.1 Å². The van der Waals surface area contributed by atoms with E-state index in [0.29, 0.717) is 0 Å². The predicted molar refractivity (Wildman–Crippen MR) is 82.7 cm³/mol. The number of esters is 1. The number of benzene rings is 1. The molecule has 112 valence electrons. The lowest BCUT2D eigenvalue weighted by Gasteiger charge is -2.21. The van der Waals surface area contributed by atoms with Gasteiger partial charge in [-0.15, -0.1) is 0 Å². The van der Waals surface area contributed by atoms with Gasteiger partial charge in [-0.3, -0.25) is 4.79 Å². The monoisotopic (exact) mass is 287 g/mol. The van der Waals surface area contributed by atoms with E-state index in [4.69, 9.17) is 0 Å². The van der Waals surface area contributed by atoms with Gasteiger partial charge in [-0.1, -0.05) is 37.5 Å². The number of methoxy groups -OCH3 is 1. The van der Waals surface area contributed by atoms with Gasteiger partial charge in [0, 0.05) is 17.7 Å². The van der Waals surface area contributed by atoms with E-state index in [2.05, 4.69) is 10.1 Å². The lowest BCUT2D eigenvalue weighted by molar-refractivity contribution is -0.134. The Morgan fingerprint density at radius 2 is 1.90 bits per heavy atom. The van der Waals surface area contributed by atoms with Crippen LogP contribution in [0, 0.1) is 5.92 Å². The van der Waals surface area contributed by atoms with Crippen LogP contribution >= 0.6 is 0 Å². The smallest absolute Gasteiger partial charge is 0.330 e. The molecule has 4 nitrogen and oxygen atoms in total. The lowest BCUT2D eigenvalue weighted by Crippen LogP contribution is -2.25. The molecule has 1 aromatic rings. The maximum atomic E-state index is 12.3. The molecule has 1 saturated carbocycles. The van der Waals surface area contributed by atoms with E-state index in [-0.39, 0.29) is 11.8 Å². The largest absolute Gasteiger partial charge is 0.466 e. The summed E-state index contributed by atoms with van der Waals surface area (Å²) in [5.41, 5.74) is 1.53. The third kappa shape index (κ3) is 4.45. The van der Waals surface area contributed by atoms with E-state index < -0.39 is 5.97 Å². The summed E-state index contributed by atoms with van der Waals surface area (Å²) in [6.07, 6.45) is 8.41. The van der Waals surface area contributed by atoms with Crippen molar-refractivity contribution in [2.75, 3.05) is 12.4 Å². The van der Waals surface area contributed by atoms with Gasteiger partial charge in [0.25, 0.3) is 0 Å². The Hall–Kier alpha value is -2.10. The molecular weight excluding hydrogens is 266 g/mol. The Bertz CT molecular complexity index is 531. The molecule has 0 radical (unpaired) electrons. The third-order valence-corrected chi connectivity index (χ3v) is 3.79. The number of ether oxygens (including phenoxy) is 1. The van der Waals surface area contributed by atoms with Crippen molar-refractivity contribution in [2.24, 2.45) is 5.92 Å². The Balaban J connectivity index is 2.07. The van der Waals surface area contributed by atoms with Crippen LogP contribution in [-0.4, -0.2) is 19.0 Å². The van der Waals surface area contributed by atoms with Crippen molar-refractivity contribution in [1.29, 1.82) is 0 Å². The second-order valence-electron chi connectivity index (χ2n) is 5.27. The number of hydrogen-bond acceptors (Lipinski definition) is 3. The molecule has 2 rings (SSSR count). The highest BCUT2D eigenvalue weighted by molar-refractivity contribution is 5.95. The minimum Gasteiger partial charge on any atom is -0.466 e. The summed E-state index contributed by atoms with van der Waals surface area (Å²) >= 11 is 0. The van der Waals surface area contributed by atoms with Gasteiger partial charge in [-0.2, -0.15) is 0 Å². The normalized spacial score (nSPS) is 15.9. The highest BCUT2D eigenvalue weighted by atomic mass is 16.5. The SMILES string of the molecule is COC(=O)/C=C/c1ccccc1NC(=O)C1CCCCC1. The zero-order valence-corrected chi connectivity index (χ0v) is 12.3. The molecule has 0 aliphatic heterocycles. The van der Waals surface area contributed by atoms with Gasteiger partial charge in [0.2, 0.25) is 5.91 Å². The number of carbonyl (C=O) groups excluding carboxylic acids is 2. The van der Waals surface area contributed by atoms with Crippen molar-refractivity contribution >= 4 is 23.6 Å². The molecule has 0 bridgehead atoms. The average molecular weight is 287 g/mol. The Labute approximate surface area is 125 Å². The number of para-hydroxylation sites is 1. The molecule has 0 unspecified atom stereocenters. The van der Waals surface area contributed by atoms with E-state index >= 15 is 0 Å². The highest BCUT2D eigenvalue weighted by Crippen LogP contribution is 2.26. The molecule has 1 aliphatic carbocycles. The quantitative estimate of drug-likeness (QED) is 0.682. The van der Waals surface area contributed by atoms with E-state index in [1.165, 1.54) is 19.6 Å². The average Bonchev–Trinajstić information content (AvgIpc) is 2.54. The summed E-state index contributed by atoms with van der Waals surface area (Å²) < 4.78 is 4.57. The number of amides is 1. The van der Waals surface area contributed by atoms with Gasteiger partial charge in [0.15, 0.2) is 0 Å². The zero-order valence-electron chi connectivity index (χ0n) is 12.3. The minimum atomic E-state index is -0.414. The zero-order chi connectivity index (χ0) is 15.1. The van der Waals surface area contributed by atoms with Crippen LogP contribution in [0.15, 0.2) is 30.3 Å².